The van der Waals surface area contributed by atoms with E-state index in [2.05, 4.69) is 20.8 Å². The van der Waals surface area contributed by atoms with Crippen molar-refractivity contribution in [1.29, 1.82) is 0 Å². The minimum Gasteiger partial charge on any atom is -0.324 e. The van der Waals surface area contributed by atoms with Gasteiger partial charge >= 0.3 is 7.60 Å². The van der Waals surface area contributed by atoms with E-state index in [-0.39, 0.29) is 11.6 Å². The van der Waals surface area contributed by atoms with E-state index >= 15 is 0 Å². The number of hydrogen-bond donors (Lipinski definition) is 2. The normalized spacial score (nSPS) is 13.3. The van der Waals surface area contributed by atoms with Gasteiger partial charge in [0.05, 0.1) is 6.16 Å². The zero-order valence-electron chi connectivity index (χ0n) is 8.79. The Hall–Kier alpha value is 0.150. The second-order valence-electron chi connectivity index (χ2n) is 4.41. The molecule has 0 aromatic heterocycles. The molecule has 4 heteroatoms. The Balaban J connectivity index is 3.82. The van der Waals surface area contributed by atoms with E-state index in [0.717, 1.165) is 19.3 Å². The molecule has 0 heterocycles. The Kier molecular flexibility index (Phi) is 5.19. The molecule has 0 fully saturated rings. The zero-order valence-corrected chi connectivity index (χ0v) is 9.68. The summed E-state index contributed by atoms with van der Waals surface area (Å²) in [4.78, 5) is 17.4. The van der Waals surface area contributed by atoms with Crippen LogP contribution in [0.2, 0.25) is 0 Å². The molecule has 0 radical (unpaired) electrons. The summed E-state index contributed by atoms with van der Waals surface area (Å²) in [5.41, 5.74) is 0.0666. The Morgan fingerprint density at radius 1 is 1.23 bits per heavy atom. The van der Waals surface area contributed by atoms with Gasteiger partial charge < -0.3 is 9.79 Å². The van der Waals surface area contributed by atoms with Crippen LogP contribution < -0.4 is 0 Å². The molecule has 0 amide bonds. The maximum atomic E-state index is 10.6. The van der Waals surface area contributed by atoms with E-state index in [1.165, 1.54) is 0 Å². The summed E-state index contributed by atoms with van der Waals surface area (Å²) in [7, 11) is -3.79. The molecular formula is C9H21O3P. The standard InChI is InChI=1S/C9H21O3P/c1-4-5-6-9(2,3)7-8-13(10,11)12/h4-8H2,1-3H3,(H2,10,11,12). The molecule has 13 heavy (non-hydrogen) atoms. The van der Waals surface area contributed by atoms with Gasteiger partial charge in [-0.05, 0) is 18.3 Å². The van der Waals surface area contributed by atoms with E-state index in [4.69, 9.17) is 9.79 Å². The molecule has 0 bridgehead atoms. The van der Waals surface area contributed by atoms with Crippen molar-refractivity contribution in [2.45, 2.75) is 46.5 Å². The average Bonchev–Trinajstić information content (AvgIpc) is 1.97. The Labute approximate surface area is 80.7 Å². The quantitative estimate of drug-likeness (QED) is 0.660. The van der Waals surface area contributed by atoms with Crippen molar-refractivity contribution >= 4 is 7.60 Å². The van der Waals surface area contributed by atoms with E-state index in [0.29, 0.717) is 6.42 Å². The molecule has 0 saturated heterocycles. The summed E-state index contributed by atoms with van der Waals surface area (Å²) in [5.74, 6) is 0. The fourth-order valence-electron chi connectivity index (χ4n) is 1.23. The Morgan fingerprint density at radius 3 is 2.15 bits per heavy atom. The van der Waals surface area contributed by atoms with E-state index in [1.807, 2.05) is 0 Å². The highest BCUT2D eigenvalue weighted by Crippen LogP contribution is 2.40. The number of unbranched alkanes of at least 4 members (excludes halogenated alkanes) is 1. The smallest absolute Gasteiger partial charge is 0.324 e. The van der Waals surface area contributed by atoms with Crippen LogP contribution in [-0.2, 0) is 4.57 Å². The Morgan fingerprint density at radius 2 is 1.77 bits per heavy atom. The van der Waals surface area contributed by atoms with Crippen LogP contribution in [0.5, 0.6) is 0 Å². The first-order chi connectivity index (χ1) is 5.77. The minimum absolute atomic E-state index is 0.0176. The first kappa shape index (κ1) is 13.2. The van der Waals surface area contributed by atoms with E-state index < -0.39 is 7.60 Å². The largest absolute Gasteiger partial charge is 0.325 e. The minimum atomic E-state index is -3.79. The van der Waals surface area contributed by atoms with Gasteiger partial charge in [-0.1, -0.05) is 33.6 Å². The van der Waals surface area contributed by atoms with Gasteiger partial charge in [0, 0.05) is 0 Å². The molecule has 0 saturated carbocycles. The highest BCUT2D eigenvalue weighted by molar-refractivity contribution is 7.51. The molecule has 0 spiro atoms. The second kappa shape index (κ2) is 5.14. The summed E-state index contributed by atoms with van der Waals surface area (Å²) in [5, 5.41) is 0. The van der Waals surface area contributed by atoms with E-state index in [9.17, 15) is 4.57 Å². The predicted molar refractivity (Wildman–Crippen MR) is 54.8 cm³/mol. The highest BCUT2D eigenvalue weighted by Gasteiger charge is 2.22. The third kappa shape index (κ3) is 8.48. The SMILES string of the molecule is CCCCC(C)(C)CCP(=O)(O)O. The highest BCUT2D eigenvalue weighted by atomic mass is 31.2. The van der Waals surface area contributed by atoms with Gasteiger partial charge in [0.25, 0.3) is 0 Å². The molecule has 3 nitrogen and oxygen atoms in total. The van der Waals surface area contributed by atoms with Crippen molar-refractivity contribution in [2.75, 3.05) is 6.16 Å². The summed E-state index contributed by atoms with van der Waals surface area (Å²) in [6.07, 6.45) is 3.94. The summed E-state index contributed by atoms with van der Waals surface area (Å²) < 4.78 is 10.6. The third-order valence-corrected chi connectivity index (χ3v) is 3.09. The lowest BCUT2D eigenvalue weighted by Gasteiger charge is -2.24. The molecule has 80 valence electrons. The van der Waals surface area contributed by atoms with Crippen molar-refractivity contribution < 1.29 is 14.4 Å². The Bertz CT molecular complexity index is 183. The van der Waals surface area contributed by atoms with Crippen molar-refractivity contribution in [3.63, 3.8) is 0 Å². The lowest BCUT2D eigenvalue weighted by Crippen LogP contribution is -2.13. The summed E-state index contributed by atoms with van der Waals surface area (Å²) in [6, 6.07) is 0. The van der Waals surface area contributed by atoms with Gasteiger partial charge in [-0.25, -0.2) is 0 Å². The molecule has 0 unspecified atom stereocenters. The number of rotatable bonds is 6. The van der Waals surface area contributed by atoms with Crippen molar-refractivity contribution in [1.82, 2.24) is 0 Å². The molecule has 0 aliphatic carbocycles. The molecule has 2 N–H and O–H groups in total. The van der Waals surface area contributed by atoms with Crippen LogP contribution in [0.25, 0.3) is 0 Å². The van der Waals surface area contributed by atoms with Gasteiger partial charge in [-0.15, -0.1) is 0 Å². The number of hydrogen-bond acceptors (Lipinski definition) is 1. The lowest BCUT2D eigenvalue weighted by molar-refractivity contribution is 0.297. The molecule has 0 aromatic carbocycles. The van der Waals surface area contributed by atoms with Crippen LogP contribution in [-0.4, -0.2) is 15.9 Å². The topological polar surface area (TPSA) is 57.5 Å². The maximum absolute atomic E-state index is 10.6. The van der Waals surface area contributed by atoms with Gasteiger partial charge in [-0.2, -0.15) is 0 Å². The molecule has 0 rings (SSSR count). The van der Waals surface area contributed by atoms with Crippen molar-refractivity contribution in [3.8, 4) is 0 Å². The van der Waals surface area contributed by atoms with Crippen LogP contribution in [0.4, 0.5) is 0 Å². The molecule has 0 aliphatic rings. The monoisotopic (exact) mass is 208 g/mol. The van der Waals surface area contributed by atoms with Gasteiger partial charge in [-0.3, -0.25) is 4.57 Å². The summed E-state index contributed by atoms with van der Waals surface area (Å²) >= 11 is 0. The predicted octanol–water partition coefficient (Wildman–Crippen LogP) is 2.77. The van der Waals surface area contributed by atoms with Gasteiger partial charge in [0.15, 0.2) is 0 Å². The average molecular weight is 208 g/mol. The molecular weight excluding hydrogens is 187 g/mol. The first-order valence-electron chi connectivity index (χ1n) is 4.81. The van der Waals surface area contributed by atoms with Crippen LogP contribution >= 0.6 is 7.60 Å². The van der Waals surface area contributed by atoms with Crippen molar-refractivity contribution in [2.24, 2.45) is 5.41 Å². The fourth-order valence-corrected chi connectivity index (χ4v) is 2.13. The van der Waals surface area contributed by atoms with E-state index in [1.54, 1.807) is 0 Å². The summed E-state index contributed by atoms with van der Waals surface area (Å²) in [6.45, 7) is 6.26. The van der Waals surface area contributed by atoms with Crippen LogP contribution in [0, 0.1) is 5.41 Å². The molecule has 0 atom stereocenters. The van der Waals surface area contributed by atoms with Gasteiger partial charge in [0.2, 0.25) is 0 Å². The maximum Gasteiger partial charge on any atom is 0.325 e. The third-order valence-electron chi connectivity index (χ3n) is 2.29. The van der Waals surface area contributed by atoms with Crippen LogP contribution in [0.1, 0.15) is 46.5 Å². The molecule has 0 aromatic rings. The second-order valence-corrected chi connectivity index (χ2v) is 6.18. The molecule has 0 aliphatic heterocycles. The lowest BCUT2D eigenvalue weighted by atomic mass is 9.85. The fraction of sp³-hybridized carbons (Fsp3) is 1.00. The zero-order chi connectivity index (χ0) is 10.5. The van der Waals surface area contributed by atoms with Gasteiger partial charge in [0.1, 0.15) is 0 Å². The van der Waals surface area contributed by atoms with Crippen LogP contribution in [0.3, 0.4) is 0 Å². The first-order valence-corrected chi connectivity index (χ1v) is 6.61. The van der Waals surface area contributed by atoms with Crippen molar-refractivity contribution in [3.05, 3.63) is 0 Å². The van der Waals surface area contributed by atoms with Crippen LogP contribution in [0.15, 0.2) is 0 Å².